The maximum atomic E-state index is 13.2. The van der Waals surface area contributed by atoms with Crippen molar-refractivity contribution in [2.24, 2.45) is 5.10 Å². The molecule has 46 heavy (non-hydrogen) atoms. The smallest absolute Gasteiger partial charge is 0.336 e. The minimum atomic E-state index is -0.595. The number of carbonyl (C=O) groups is 3. The summed E-state index contributed by atoms with van der Waals surface area (Å²) in [5, 5.41) is 6.77. The molecule has 0 saturated carbocycles. The van der Waals surface area contributed by atoms with Crippen LogP contribution in [0.5, 0.6) is 11.5 Å². The van der Waals surface area contributed by atoms with Crippen LogP contribution in [-0.2, 0) is 9.59 Å². The van der Waals surface area contributed by atoms with E-state index in [9.17, 15) is 14.4 Å². The van der Waals surface area contributed by atoms with Crippen LogP contribution >= 0.6 is 0 Å². The molecule has 4 aromatic carbocycles. The highest BCUT2D eigenvalue weighted by Crippen LogP contribution is 2.17. The van der Waals surface area contributed by atoms with Crippen LogP contribution in [-0.4, -0.2) is 44.2 Å². The molecule has 0 saturated heterocycles. The molecule has 0 aliphatic heterocycles. The standard InChI is InChI=1S/C37H36N4O5/c1-4-41(5-2)31-18-11-28(12-19-31)25-34(39-36(43)30-9-7-6-8-10-30)37(44)40-38-26-29-15-22-33(23-16-29)46-35(42)24-17-27-13-20-32(45-3)21-14-27/h6-26H,4-5H2,1-3H3,(H,39,43)(H,40,44). The van der Waals surface area contributed by atoms with Gasteiger partial charge in [0.25, 0.3) is 11.8 Å². The van der Waals surface area contributed by atoms with Crippen LogP contribution < -0.4 is 25.1 Å². The molecule has 9 heteroatoms. The second kappa shape index (κ2) is 16.8. The van der Waals surface area contributed by atoms with Gasteiger partial charge in [-0.05, 0) is 103 Å². The molecule has 0 aliphatic carbocycles. The summed E-state index contributed by atoms with van der Waals surface area (Å²) in [7, 11) is 1.59. The molecule has 2 amide bonds. The summed E-state index contributed by atoms with van der Waals surface area (Å²) in [5.74, 6) is -0.459. The van der Waals surface area contributed by atoms with E-state index in [1.807, 2.05) is 42.5 Å². The third kappa shape index (κ3) is 9.78. The van der Waals surface area contributed by atoms with Gasteiger partial charge in [-0.1, -0.05) is 42.5 Å². The lowest BCUT2D eigenvalue weighted by atomic mass is 10.1. The van der Waals surface area contributed by atoms with E-state index in [0.717, 1.165) is 35.7 Å². The Morgan fingerprint density at radius 1 is 0.761 bits per heavy atom. The molecule has 234 valence electrons. The number of hydrogen-bond acceptors (Lipinski definition) is 7. The number of amides is 2. The monoisotopic (exact) mass is 616 g/mol. The van der Waals surface area contributed by atoms with Crippen LogP contribution in [0.4, 0.5) is 5.69 Å². The Morgan fingerprint density at radius 3 is 2.00 bits per heavy atom. The predicted octanol–water partition coefficient (Wildman–Crippen LogP) is 6.08. The first-order chi connectivity index (χ1) is 22.4. The summed E-state index contributed by atoms with van der Waals surface area (Å²) in [5.41, 5.74) is 6.22. The summed E-state index contributed by atoms with van der Waals surface area (Å²) >= 11 is 0. The van der Waals surface area contributed by atoms with Crippen LogP contribution in [0.1, 0.15) is 40.9 Å². The number of methoxy groups -OCH3 is 1. The van der Waals surface area contributed by atoms with Gasteiger partial charge in [-0.25, -0.2) is 10.2 Å². The second-order valence-electron chi connectivity index (χ2n) is 9.94. The van der Waals surface area contributed by atoms with Gasteiger partial charge in [0.15, 0.2) is 0 Å². The average Bonchev–Trinajstić information content (AvgIpc) is 3.09. The van der Waals surface area contributed by atoms with Crippen molar-refractivity contribution >= 4 is 41.8 Å². The summed E-state index contributed by atoms with van der Waals surface area (Å²) in [6.45, 7) is 5.93. The van der Waals surface area contributed by atoms with Gasteiger partial charge in [-0.3, -0.25) is 9.59 Å². The number of hydrogen-bond donors (Lipinski definition) is 2. The topological polar surface area (TPSA) is 109 Å². The number of esters is 1. The van der Waals surface area contributed by atoms with Gasteiger partial charge in [0.1, 0.15) is 17.2 Å². The van der Waals surface area contributed by atoms with Gasteiger partial charge in [-0.2, -0.15) is 5.10 Å². The Morgan fingerprint density at radius 2 is 1.37 bits per heavy atom. The van der Waals surface area contributed by atoms with E-state index in [1.165, 1.54) is 12.3 Å². The Kier molecular flexibility index (Phi) is 12.0. The van der Waals surface area contributed by atoms with Crippen LogP contribution in [0.25, 0.3) is 12.2 Å². The lowest BCUT2D eigenvalue weighted by molar-refractivity contribution is -0.128. The van der Waals surface area contributed by atoms with Crippen molar-refractivity contribution in [3.8, 4) is 11.5 Å². The van der Waals surface area contributed by atoms with Crippen LogP contribution in [0.3, 0.4) is 0 Å². The van der Waals surface area contributed by atoms with Crippen molar-refractivity contribution in [3.05, 3.63) is 137 Å². The van der Waals surface area contributed by atoms with Crippen molar-refractivity contribution in [3.63, 3.8) is 0 Å². The summed E-state index contributed by atoms with van der Waals surface area (Å²) < 4.78 is 10.5. The van der Waals surface area contributed by atoms with Crippen LogP contribution in [0.2, 0.25) is 0 Å². The van der Waals surface area contributed by atoms with E-state index in [0.29, 0.717) is 16.9 Å². The highest BCUT2D eigenvalue weighted by atomic mass is 16.5. The molecule has 0 bridgehead atoms. The normalized spacial score (nSPS) is 11.3. The summed E-state index contributed by atoms with van der Waals surface area (Å²) in [6, 6.07) is 30.3. The summed E-state index contributed by atoms with van der Waals surface area (Å²) in [6.07, 6.45) is 6.04. The molecule has 4 rings (SSSR count). The first-order valence-corrected chi connectivity index (χ1v) is 14.8. The van der Waals surface area contributed by atoms with Gasteiger partial charge in [0.2, 0.25) is 0 Å². The first-order valence-electron chi connectivity index (χ1n) is 14.8. The molecule has 0 fully saturated rings. The number of anilines is 1. The van der Waals surface area contributed by atoms with Gasteiger partial charge in [0, 0.05) is 30.4 Å². The number of hydrazone groups is 1. The number of ether oxygens (including phenoxy) is 2. The fraction of sp³-hybridized carbons (Fsp3) is 0.135. The zero-order valence-corrected chi connectivity index (χ0v) is 26.0. The second-order valence-corrected chi connectivity index (χ2v) is 9.94. The van der Waals surface area contributed by atoms with Gasteiger partial charge >= 0.3 is 5.97 Å². The zero-order valence-electron chi connectivity index (χ0n) is 26.0. The minimum absolute atomic E-state index is 0.0338. The van der Waals surface area contributed by atoms with E-state index < -0.39 is 17.8 Å². The largest absolute Gasteiger partial charge is 0.497 e. The van der Waals surface area contributed by atoms with Crippen molar-refractivity contribution in [2.75, 3.05) is 25.1 Å². The molecule has 0 heterocycles. The number of rotatable bonds is 13. The number of benzene rings is 4. The van der Waals surface area contributed by atoms with E-state index >= 15 is 0 Å². The first kappa shape index (κ1) is 32.9. The Bertz CT molecular complexity index is 1690. The van der Waals surface area contributed by atoms with Crippen molar-refractivity contribution in [1.29, 1.82) is 0 Å². The molecule has 0 aliphatic rings. The Balaban J connectivity index is 1.40. The molecular formula is C37H36N4O5. The fourth-order valence-corrected chi connectivity index (χ4v) is 4.36. The fourth-order valence-electron chi connectivity index (χ4n) is 4.36. The van der Waals surface area contributed by atoms with E-state index in [2.05, 4.69) is 34.6 Å². The van der Waals surface area contributed by atoms with Crippen molar-refractivity contribution in [1.82, 2.24) is 10.7 Å². The third-order valence-electron chi connectivity index (χ3n) is 6.87. The maximum absolute atomic E-state index is 13.2. The van der Waals surface area contributed by atoms with Crippen LogP contribution in [0, 0.1) is 0 Å². The van der Waals surface area contributed by atoms with E-state index in [1.54, 1.807) is 79.9 Å². The van der Waals surface area contributed by atoms with E-state index in [4.69, 9.17) is 9.47 Å². The van der Waals surface area contributed by atoms with E-state index in [-0.39, 0.29) is 5.70 Å². The zero-order chi connectivity index (χ0) is 32.7. The molecule has 0 unspecified atom stereocenters. The third-order valence-corrected chi connectivity index (χ3v) is 6.87. The summed E-state index contributed by atoms with van der Waals surface area (Å²) in [4.78, 5) is 40.5. The van der Waals surface area contributed by atoms with Gasteiger partial charge < -0.3 is 19.7 Å². The van der Waals surface area contributed by atoms with Gasteiger partial charge in [0.05, 0.1) is 13.3 Å². The molecule has 2 N–H and O–H groups in total. The quantitative estimate of drug-likeness (QED) is 0.0620. The Hall–Kier alpha value is -5.96. The average molecular weight is 617 g/mol. The van der Waals surface area contributed by atoms with Gasteiger partial charge in [-0.15, -0.1) is 0 Å². The molecule has 0 atom stereocenters. The molecular weight excluding hydrogens is 580 g/mol. The minimum Gasteiger partial charge on any atom is -0.497 e. The molecule has 0 radical (unpaired) electrons. The lowest BCUT2D eigenvalue weighted by Gasteiger charge is -2.20. The SMILES string of the molecule is CCN(CC)c1ccc(C=C(NC(=O)c2ccccc2)C(=O)NN=Cc2ccc(OC(=O)C=Cc3ccc(OC)cc3)cc2)cc1. The Labute approximate surface area is 268 Å². The molecule has 0 spiro atoms. The molecule has 9 nitrogen and oxygen atoms in total. The number of nitrogens with zero attached hydrogens (tertiary/aromatic N) is 2. The van der Waals surface area contributed by atoms with Crippen molar-refractivity contribution in [2.45, 2.75) is 13.8 Å². The number of carbonyl (C=O) groups excluding carboxylic acids is 3. The van der Waals surface area contributed by atoms with Crippen LogP contribution in [0.15, 0.2) is 120 Å². The predicted molar refractivity (Wildman–Crippen MR) is 182 cm³/mol. The maximum Gasteiger partial charge on any atom is 0.336 e. The van der Waals surface area contributed by atoms with Crippen molar-refractivity contribution < 1.29 is 23.9 Å². The molecule has 0 aromatic heterocycles. The lowest BCUT2D eigenvalue weighted by Crippen LogP contribution is -2.32. The highest BCUT2D eigenvalue weighted by Gasteiger charge is 2.14. The highest BCUT2D eigenvalue weighted by molar-refractivity contribution is 6.05. The number of nitrogens with one attached hydrogen (secondary N) is 2. The molecule has 4 aromatic rings.